The molecule has 25 heavy (non-hydrogen) atoms. The van der Waals surface area contributed by atoms with Gasteiger partial charge in [-0.05, 0) is 42.0 Å². The molecule has 1 aliphatic heterocycles. The summed E-state index contributed by atoms with van der Waals surface area (Å²) in [5, 5.41) is 0. The van der Waals surface area contributed by atoms with Gasteiger partial charge in [0.05, 0.1) is 12.7 Å². The normalized spacial score (nSPS) is 16.1. The summed E-state index contributed by atoms with van der Waals surface area (Å²) < 4.78 is 43.0. The predicted octanol–water partition coefficient (Wildman–Crippen LogP) is 4.04. The first-order valence-corrected chi connectivity index (χ1v) is 8.23. The number of benzene rings is 2. The Labute approximate surface area is 145 Å². The van der Waals surface area contributed by atoms with Gasteiger partial charge in [-0.3, -0.25) is 4.90 Å². The van der Waals surface area contributed by atoms with Crippen LogP contribution in [-0.4, -0.2) is 38.2 Å². The fraction of sp³-hybridized carbons (Fsp3) is 0.368. The zero-order valence-electron chi connectivity index (χ0n) is 14.1. The third kappa shape index (κ3) is 4.45. The number of piperazine rings is 1. The monoisotopic (exact) mass is 350 g/mol. The number of alkyl halides is 3. The standard InChI is InChI=1S/C19H21F3N2O/c1-25-18-8-6-17(7-9-18)24-12-10-23(11-13-24)14-15-2-4-16(5-3-15)19(20,21)22/h2-9H,10-14H2,1H3. The number of ether oxygens (including phenoxy) is 1. The van der Waals surface area contributed by atoms with Crippen LogP contribution in [-0.2, 0) is 12.7 Å². The molecule has 0 radical (unpaired) electrons. The molecule has 3 rings (SSSR count). The lowest BCUT2D eigenvalue weighted by molar-refractivity contribution is -0.137. The van der Waals surface area contributed by atoms with Crippen molar-refractivity contribution in [2.75, 3.05) is 38.2 Å². The third-order valence-electron chi connectivity index (χ3n) is 4.50. The van der Waals surface area contributed by atoms with E-state index in [4.69, 9.17) is 4.74 Å². The quantitative estimate of drug-likeness (QED) is 0.828. The second-order valence-corrected chi connectivity index (χ2v) is 6.16. The van der Waals surface area contributed by atoms with Crippen molar-refractivity contribution in [3.63, 3.8) is 0 Å². The van der Waals surface area contributed by atoms with E-state index in [1.54, 1.807) is 19.2 Å². The minimum Gasteiger partial charge on any atom is -0.497 e. The molecule has 0 unspecified atom stereocenters. The molecule has 0 bridgehead atoms. The Hall–Kier alpha value is -2.21. The van der Waals surface area contributed by atoms with E-state index in [1.807, 2.05) is 24.3 Å². The van der Waals surface area contributed by atoms with Gasteiger partial charge in [-0.2, -0.15) is 13.2 Å². The summed E-state index contributed by atoms with van der Waals surface area (Å²) in [5.41, 5.74) is 1.47. The summed E-state index contributed by atoms with van der Waals surface area (Å²) in [5.74, 6) is 0.838. The van der Waals surface area contributed by atoms with Crippen molar-refractivity contribution in [1.82, 2.24) is 4.90 Å². The highest BCUT2D eigenvalue weighted by molar-refractivity contribution is 5.49. The molecule has 0 spiro atoms. The molecule has 2 aromatic carbocycles. The minimum absolute atomic E-state index is 0.597. The van der Waals surface area contributed by atoms with Crippen LogP contribution in [0, 0.1) is 0 Å². The highest BCUT2D eigenvalue weighted by Gasteiger charge is 2.30. The van der Waals surface area contributed by atoms with Crippen LogP contribution in [0.4, 0.5) is 18.9 Å². The van der Waals surface area contributed by atoms with Crippen LogP contribution in [0.15, 0.2) is 48.5 Å². The number of methoxy groups -OCH3 is 1. The molecule has 1 heterocycles. The summed E-state index contributed by atoms with van der Waals surface area (Å²) in [6.07, 6.45) is -4.28. The predicted molar refractivity (Wildman–Crippen MR) is 91.9 cm³/mol. The minimum atomic E-state index is -4.28. The molecule has 0 N–H and O–H groups in total. The van der Waals surface area contributed by atoms with Crippen molar-refractivity contribution in [3.8, 4) is 5.75 Å². The maximum Gasteiger partial charge on any atom is 0.416 e. The zero-order chi connectivity index (χ0) is 17.9. The molecule has 0 aromatic heterocycles. The van der Waals surface area contributed by atoms with Crippen LogP contribution in [0.3, 0.4) is 0 Å². The second kappa shape index (κ2) is 7.35. The first kappa shape index (κ1) is 17.6. The molecule has 1 aliphatic rings. The van der Waals surface area contributed by atoms with Crippen LogP contribution in [0.2, 0.25) is 0 Å². The maximum absolute atomic E-state index is 12.6. The van der Waals surface area contributed by atoms with Crippen LogP contribution >= 0.6 is 0 Å². The number of anilines is 1. The summed E-state index contributed by atoms with van der Waals surface area (Å²) >= 11 is 0. The van der Waals surface area contributed by atoms with Crippen molar-refractivity contribution < 1.29 is 17.9 Å². The molecule has 6 heteroatoms. The Morgan fingerprint density at radius 3 is 2.00 bits per heavy atom. The molecule has 1 saturated heterocycles. The van der Waals surface area contributed by atoms with E-state index in [9.17, 15) is 13.2 Å². The van der Waals surface area contributed by atoms with E-state index in [0.29, 0.717) is 6.54 Å². The number of hydrogen-bond donors (Lipinski definition) is 0. The van der Waals surface area contributed by atoms with E-state index >= 15 is 0 Å². The van der Waals surface area contributed by atoms with Gasteiger partial charge in [-0.15, -0.1) is 0 Å². The Kier molecular flexibility index (Phi) is 5.18. The molecule has 3 nitrogen and oxygen atoms in total. The van der Waals surface area contributed by atoms with Crippen molar-refractivity contribution in [2.24, 2.45) is 0 Å². The van der Waals surface area contributed by atoms with Gasteiger partial charge in [-0.25, -0.2) is 0 Å². The first-order chi connectivity index (χ1) is 12.0. The zero-order valence-corrected chi connectivity index (χ0v) is 14.1. The van der Waals surface area contributed by atoms with Crippen LogP contribution in [0.5, 0.6) is 5.75 Å². The average Bonchev–Trinajstić information content (AvgIpc) is 2.62. The SMILES string of the molecule is COc1ccc(N2CCN(Cc3ccc(C(F)(F)F)cc3)CC2)cc1. The van der Waals surface area contributed by atoms with Gasteiger partial charge in [0.25, 0.3) is 0 Å². The first-order valence-electron chi connectivity index (χ1n) is 8.23. The smallest absolute Gasteiger partial charge is 0.416 e. The molecule has 1 fully saturated rings. The number of rotatable bonds is 4. The maximum atomic E-state index is 12.6. The highest BCUT2D eigenvalue weighted by Crippen LogP contribution is 2.29. The van der Waals surface area contributed by atoms with Gasteiger partial charge < -0.3 is 9.64 Å². The molecule has 0 saturated carbocycles. The van der Waals surface area contributed by atoms with Gasteiger partial charge in [-0.1, -0.05) is 12.1 Å². The van der Waals surface area contributed by atoms with Crippen molar-refractivity contribution in [3.05, 3.63) is 59.7 Å². The lowest BCUT2D eigenvalue weighted by atomic mass is 10.1. The van der Waals surface area contributed by atoms with Gasteiger partial charge in [0.2, 0.25) is 0 Å². The molecular weight excluding hydrogens is 329 g/mol. The fourth-order valence-corrected chi connectivity index (χ4v) is 3.01. The summed E-state index contributed by atoms with van der Waals surface area (Å²) in [7, 11) is 1.65. The van der Waals surface area contributed by atoms with Crippen molar-refractivity contribution in [2.45, 2.75) is 12.7 Å². The largest absolute Gasteiger partial charge is 0.497 e. The van der Waals surface area contributed by atoms with Gasteiger partial charge in [0.15, 0.2) is 0 Å². The summed E-state index contributed by atoms with van der Waals surface area (Å²) in [6, 6.07) is 13.4. The van der Waals surface area contributed by atoms with E-state index in [0.717, 1.165) is 55.3 Å². The highest BCUT2D eigenvalue weighted by atomic mass is 19.4. The number of nitrogens with zero attached hydrogens (tertiary/aromatic N) is 2. The van der Waals surface area contributed by atoms with Crippen molar-refractivity contribution in [1.29, 1.82) is 0 Å². The van der Waals surface area contributed by atoms with E-state index < -0.39 is 11.7 Å². The average molecular weight is 350 g/mol. The Morgan fingerprint density at radius 1 is 0.880 bits per heavy atom. The van der Waals surface area contributed by atoms with E-state index in [2.05, 4.69) is 9.80 Å². The topological polar surface area (TPSA) is 15.7 Å². The second-order valence-electron chi connectivity index (χ2n) is 6.16. The van der Waals surface area contributed by atoms with Crippen molar-refractivity contribution >= 4 is 5.69 Å². The molecule has 2 aromatic rings. The third-order valence-corrected chi connectivity index (χ3v) is 4.50. The molecule has 0 aliphatic carbocycles. The van der Waals surface area contributed by atoms with Crippen LogP contribution < -0.4 is 9.64 Å². The fourth-order valence-electron chi connectivity index (χ4n) is 3.01. The lowest BCUT2D eigenvalue weighted by Crippen LogP contribution is -2.45. The van der Waals surface area contributed by atoms with E-state index in [1.165, 1.54) is 0 Å². The Morgan fingerprint density at radius 2 is 1.48 bits per heavy atom. The Balaban J connectivity index is 1.53. The Bertz CT molecular complexity index is 675. The van der Waals surface area contributed by atoms with Gasteiger partial charge >= 0.3 is 6.18 Å². The number of hydrogen-bond acceptors (Lipinski definition) is 3. The van der Waals surface area contributed by atoms with Crippen LogP contribution in [0.25, 0.3) is 0 Å². The van der Waals surface area contributed by atoms with Gasteiger partial charge in [0, 0.05) is 38.4 Å². The van der Waals surface area contributed by atoms with Crippen LogP contribution in [0.1, 0.15) is 11.1 Å². The molecule has 134 valence electrons. The number of halogens is 3. The molecule has 0 atom stereocenters. The van der Waals surface area contributed by atoms with Gasteiger partial charge in [0.1, 0.15) is 5.75 Å². The lowest BCUT2D eigenvalue weighted by Gasteiger charge is -2.36. The summed E-state index contributed by atoms with van der Waals surface area (Å²) in [6.45, 7) is 4.23. The van der Waals surface area contributed by atoms with E-state index in [-0.39, 0.29) is 0 Å². The summed E-state index contributed by atoms with van der Waals surface area (Å²) in [4.78, 5) is 4.57. The molecule has 0 amide bonds. The molecular formula is C19H21F3N2O.